The number of rotatable bonds is 4. The molecule has 24 heavy (non-hydrogen) atoms. The molecular formula is C17H22F2N2O3. The monoisotopic (exact) mass is 340 g/mol. The molecule has 7 heteroatoms. The van der Waals surface area contributed by atoms with Crippen molar-refractivity contribution in [2.24, 2.45) is 5.92 Å². The predicted octanol–water partition coefficient (Wildman–Crippen LogP) is 1.52. The lowest BCUT2D eigenvalue weighted by atomic mass is 10.0. The number of halogens is 2. The van der Waals surface area contributed by atoms with Crippen LogP contribution in [-0.2, 0) is 9.53 Å². The van der Waals surface area contributed by atoms with Gasteiger partial charge >= 0.3 is 0 Å². The highest BCUT2D eigenvalue weighted by atomic mass is 19.1. The normalized spacial score (nSPS) is 25.0. The van der Waals surface area contributed by atoms with E-state index in [1.807, 2.05) is 0 Å². The third-order valence-corrected chi connectivity index (χ3v) is 4.69. The van der Waals surface area contributed by atoms with Gasteiger partial charge in [0.1, 0.15) is 5.82 Å². The van der Waals surface area contributed by atoms with E-state index in [4.69, 9.17) is 9.47 Å². The number of likely N-dealkylation sites (tertiary alicyclic amines) is 1. The van der Waals surface area contributed by atoms with Crippen LogP contribution in [0.2, 0.25) is 0 Å². The molecule has 0 unspecified atom stereocenters. The fourth-order valence-electron chi connectivity index (χ4n) is 3.36. The van der Waals surface area contributed by atoms with Crippen LogP contribution in [0.15, 0.2) is 18.2 Å². The fraction of sp³-hybridized carbons (Fsp3) is 0.588. The standard InChI is InChI=1S/C17H22F2N2O3/c1-12-9-21(10-15(12)20-4-6-23-7-5-20)17(22)11-24-16-3-2-13(18)8-14(16)19/h2-3,8,12,15H,4-7,9-11H2,1H3/t12-,15+/m1/s1. The van der Waals surface area contributed by atoms with E-state index in [0.29, 0.717) is 25.0 Å². The van der Waals surface area contributed by atoms with E-state index in [-0.39, 0.29) is 18.3 Å². The van der Waals surface area contributed by atoms with Gasteiger partial charge < -0.3 is 14.4 Å². The number of nitrogens with zero attached hydrogens (tertiary/aromatic N) is 2. The predicted molar refractivity (Wildman–Crippen MR) is 83.8 cm³/mol. The van der Waals surface area contributed by atoms with E-state index in [0.717, 1.165) is 38.4 Å². The van der Waals surface area contributed by atoms with E-state index < -0.39 is 11.6 Å². The zero-order chi connectivity index (χ0) is 17.1. The molecule has 3 rings (SSSR count). The summed E-state index contributed by atoms with van der Waals surface area (Å²) >= 11 is 0. The van der Waals surface area contributed by atoms with Crippen molar-refractivity contribution in [3.05, 3.63) is 29.8 Å². The van der Waals surface area contributed by atoms with Crippen molar-refractivity contribution in [2.75, 3.05) is 46.0 Å². The lowest BCUT2D eigenvalue weighted by Gasteiger charge is -2.33. The molecule has 2 atom stereocenters. The van der Waals surface area contributed by atoms with Gasteiger partial charge in [0, 0.05) is 38.3 Å². The zero-order valence-electron chi connectivity index (χ0n) is 13.7. The highest BCUT2D eigenvalue weighted by Gasteiger charge is 2.36. The van der Waals surface area contributed by atoms with Gasteiger partial charge in [-0.25, -0.2) is 8.78 Å². The molecule has 5 nitrogen and oxygen atoms in total. The molecule has 2 heterocycles. The molecule has 2 saturated heterocycles. The average Bonchev–Trinajstić information content (AvgIpc) is 2.96. The van der Waals surface area contributed by atoms with Crippen LogP contribution in [0.25, 0.3) is 0 Å². The molecule has 1 aromatic rings. The van der Waals surface area contributed by atoms with Gasteiger partial charge in [-0.2, -0.15) is 0 Å². The molecule has 0 aliphatic carbocycles. The van der Waals surface area contributed by atoms with Gasteiger partial charge in [0.05, 0.1) is 13.2 Å². The first kappa shape index (κ1) is 17.1. The van der Waals surface area contributed by atoms with Crippen molar-refractivity contribution >= 4 is 5.91 Å². The molecule has 0 saturated carbocycles. The van der Waals surface area contributed by atoms with Gasteiger partial charge in [-0.1, -0.05) is 6.92 Å². The number of hydrogen-bond acceptors (Lipinski definition) is 4. The summed E-state index contributed by atoms with van der Waals surface area (Å²) in [5.74, 6) is -1.39. The Morgan fingerprint density at radius 1 is 1.29 bits per heavy atom. The Labute approximate surface area is 140 Å². The topological polar surface area (TPSA) is 42.0 Å². The van der Waals surface area contributed by atoms with E-state index in [1.165, 1.54) is 6.07 Å². The summed E-state index contributed by atoms with van der Waals surface area (Å²) in [6, 6.07) is 3.36. The second-order valence-corrected chi connectivity index (χ2v) is 6.36. The van der Waals surface area contributed by atoms with Gasteiger partial charge in [0.15, 0.2) is 18.2 Å². The van der Waals surface area contributed by atoms with E-state index in [9.17, 15) is 13.6 Å². The first-order valence-corrected chi connectivity index (χ1v) is 8.22. The quantitative estimate of drug-likeness (QED) is 0.834. The summed E-state index contributed by atoms with van der Waals surface area (Å²) in [5, 5.41) is 0. The largest absolute Gasteiger partial charge is 0.481 e. The number of morpholine rings is 1. The molecule has 0 radical (unpaired) electrons. The summed E-state index contributed by atoms with van der Waals surface area (Å²) in [7, 11) is 0. The van der Waals surface area contributed by atoms with E-state index in [2.05, 4.69) is 11.8 Å². The highest BCUT2D eigenvalue weighted by molar-refractivity contribution is 5.78. The molecule has 0 spiro atoms. The Morgan fingerprint density at radius 3 is 2.75 bits per heavy atom. The molecular weight excluding hydrogens is 318 g/mol. The van der Waals surface area contributed by atoms with Gasteiger partial charge in [-0.3, -0.25) is 9.69 Å². The van der Waals surface area contributed by atoms with Crippen molar-refractivity contribution < 1.29 is 23.0 Å². The van der Waals surface area contributed by atoms with Crippen LogP contribution < -0.4 is 4.74 Å². The van der Waals surface area contributed by atoms with Crippen molar-refractivity contribution in [3.63, 3.8) is 0 Å². The number of ether oxygens (including phenoxy) is 2. The van der Waals surface area contributed by atoms with Crippen LogP contribution in [0, 0.1) is 17.6 Å². The van der Waals surface area contributed by atoms with E-state index in [1.54, 1.807) is 4.90 Å². The molecule has 0 aromatic heterocycles. The van der Waals surface area contributed by atoms with E-state index >= 15 is 0 Å². The first-order chi connectivity index (χ1) is 11.5. The summed E-state index contributed by atoms with van der Waals surface area (Å²) in [4.78, 5) is 16.5. The lowest BCUT2D eigenvalue weighted by molar-refractivity contribution is -0.132. The molecule has 2 fully saturated rings. The minimum absolute atomic E-state index is 0.110. The maximum Gasteiger partial charge on any atom is 0.260 e. The van der Waals surface area contributed by atoms with Gasteiger partial charge in [-0.05, 0) is 18.1 Å². The van der Waals surface area contributed by atoms with Crippen LogP contribution in [0.4, 0.5) is 8.78 Å². The Balaban J connectivity index is 1.53. The van der Waals surface area contributed by atoms with Crippen LogP contribution in [-0.4, -0.2) is 67.7 Å². The number of amides is 1. The molecule has 0 N–H and O–H groups in total. The molecule has 1 aromatic carbocycles. The third-order valence-electron chi connectivity index (χ3n) is 4.69. The Hall–Kier alpha value is -1.73. The first-order valence-electron chi connectivity index (χ1n) is 8.22. The van der Waals surface area contributed by atoms with Crippen LogP contribution in [0.3, 0.4) is 0 Å². The minimum atomic E-state index is -0.802. The smallest absolute Gasteiger partial charge is 0.260 e. The molecule has 2 aliphatic rings. The molecule has 2 aliphatic heterocycles. The summed E-state index contributed by atoms with van der Waals surface area (Å²) in [6.45, 7) is 6.42. The zero-order valence-corrected chi connectivity index (χ0v) is 13.7. The number of carbonyl (C=O) groups excluding carboxylic acids is 1. The van der Waals surface area contributed by atoms with Crippen LogP contribution in [0.5, 0.6) is 5.75 Å². The van der Waals surface area contributed by atoms with Gasteiger partial charge in [0.2, 0.25) is 0 Å². The van der Waals surface area contributed by atoms with Gasteiger partial charge in [0.25, 0.3) is 5.91 Å². The number of benzene rings is 1. The van der Waals surface area contributed by atoms with Crippen molar-refractivity contribution in [1.82, 2.24) is 9.80 Å². The second-order valence-electron chi connectivity index (χ2n) is 6.36. The minimum Gasteiger partial charge on any atom is -0.481 e. The summed E-state index contributed by atoms with van der Waals surface area (Å²) in [6.07, 6.45) is 0. The summed E-state index contributed by atoms with van der Waals surface area (Å²) < 4.78 is 37.0. The number of carbonyl (C=O) groups is 1. The fourth-order valence-corrected chi connectivity index (χ4v) is 3.36. The van der Waals surface area contributed by atoms with Crippen molar-refractivity contribution in [2.45, 2.75) is 13.0 Å². The second kappa shape index (κ2) is 7.44. The maximum atomic E-state index is 13.5. The number of hydrogen-bond donors (Lipinski definition) is 0. The Kier molecular flexibility index (Phi) is 5.30. The van der Waals surface area contributed by atoms with Crippen LogP contribution >= 0.6 is 0 Å². The molecule has 0 bridgehead atoms. The Morgan fingerprint density at radius 2 is 2.04 bits per heavy atom. The highest BCUT2D eigenvalue weighted by Crippen LogP contribution is 2.23. The van der Waals surface area contributed by atoms with Crippen LogP contribution in [0.1, 0.15) is 6.92 Å². The average molecular weight is 340 g/mol. The lowest BCUT2D eigenvalue weighted by Crippen LogP contribution is -2.47. The Bertz CT molecular complexity index is 593. The maximum absolute atomic E-state index is 13.5. The van der Waals surface area contributed by atoms with Gasteiger partial charge in [-0.15, -0.1) is 0 Å². The van der Waals surface area contributed by atoms with Crippen molar-refractivity contribution in [1.29, 1.82) is 0 Å². The van der Waals surface area contributed by atoms with Crippen molar-refractivity contribution in [3.8, 4) is 5.75 Å². The molecule has 132 valence electrons. The third kappa shape index (κ3) is 3.84. The molecule has 1 amide bonds. The SMILES string of the molecule is C[C@@H]1CN(C(=O)COc2ccc(F)cc2F)C[C@@H]1N1CCOCC1. The summed E-state index contributed by atoms with van der Waals surface area (Å²) in [5.41, 5.74) is 0.